The van der Waals surface area contributed by atoms with Crippen LogP contribution in [-0.2, 0) is 6.42 Å². The summed E-state index contributed by atoms with van der Waals surface area (Å²) in [4.78, 5) is 0. The second-order valence-electron chi connectivity index (χ2n) is 4.27. The van der Waals surface area contributed by atoms with E-state index >= 15 is 0 Å². The van der Waals surface area contributed by atoms with E-state index in [1.54, 1.807) is 7.11 Å². The van der Waals surface area contributed by atoms with Gasteiger partial charge in [0.1, 0.15) is 5.75 Å². The van der Waals surface area contributed by atoms with Gasteiger partial charge in [0.25, 0.3) is 0 Å². The number of hydrogen-bond acceptors (Lipinski definition) is 2. The highest BCUT2D eigenvalue weighted by Crippen LogP contribution is 2.25. The largest absolute Gasteiger partial charge is 0.496 e. The first-order valence-electron chi connectivity index (χ1n) is 5.95. The molecule has 0 radical (unpaired) electrons. The summed E-state index contributed by atoms with van der Waals surface area (Å²) in [6.07, 6.45) is 0.379. The summed E-state index contributed by atoms with van der Waals surface area (Å²) in [7, 11) is 1.56. The Bertz CT molecular complexity index is 572. The predicted octanol–water partition coefficient (Wildman–Crippen LogP) is 3.22. The molecule has 19 heavy (non-hydrogen) atoms. The number of ether oxygens (including phenoxy) is 1. The van der Waals surface area contributed by atoms with Crippen LogP contribution in [0, 0.1) is 11.6 Å². The van der Waals surface area contributed by atoms with Crippen LogP contribution >= 0.6 is 0 Å². The summed E-state index contributed by atoms with van der Waals surface area (Å²) in [5.41, 5.74) is 6.99. The maximum atomic E-state index is 13.7. The Kier molecular flexibility index (Phi) is 4.12. The molecule has 2 aromatic carbocycles. The number of halogens is 2. The van der Waals surface area contributed by atoms with Crippen LogP contribution in [-0.4, -0.2) is 7.11 Å². The van der Waals surface area contributed by atoms with Gasteiger partial charge in [-0.15, -0.1) is 0 Å². The van der Waals surface area contributed by atoms with Gasteiger partial charge in [-0.2, -0.15) is 0 Å². The van der Waals surface area contributed by atoms with E-state index in [4.69, 9.17) is 10.5 Å². The fraction of sp³-hybridized carbons (Fsp3) is 0.200. The maximum Gasteiger partial charge on any atom is 0.163 e. The Morgan fingerprint density at radius 1 is 1.11 bits per heavy atom. The van der Waals surface area contributed by atoms with Crippen molar-refractivity contribution in [2.24, 2.45) is 5.73 Å². The van der Waals surface area contributed by atoms with Gasteiger partial charge in [0.15, 0.2) is 11.6 Å². The lowest BCUT2D eigenvalue weighted by Crippen LogP contribution is -2.16. The van der Waals surface area contributed by atoms with Crippen molar-refractivity contribution >= 4 is 0 Å². The van der Waals surface area contributed by atoms with Crippen molar-refractivity contribution in [1.29, 1.82) is 0 Å². The highest BCUT2D eigenvalue weighted by molar-refractivity contribution is 5.35. The Morgan fingerprint density at radius 3 is 2.58 bits per heavy atom. The predicted molar refractivity (Wildman–Crippen MR) is 70.0 cm³/mol. The monoisotopic (exact) mass is 263 g/mol. The average Bonchev–Trinajstić information content (AvgIpc) is 2.42. The van der Waals surface area contributed by atoms with Gasteiger partial charge in [-0.25, -0.2) is 8.78 Å². The molecule has 100 valence electrons. The topological polar surface area (TPSA) is 35.2 Å². The molecular weight excluding hydrogens is 248 g/mol. The molecule has 0 bridgehead atoms. The number of benzene rings is 2. The number of nitrogens with two attached hydrogens (primary N) is 1. The van der Waals surface area contributed by atoms with E-state index in [2.05, 4.69) is 0 Å². The lowest BCUT2D eigenvalue weighted by Gasteiger charge is -2.15. The van der Waals surface area contributed by atoms with Gasteiger partial charge >= 0.3 is 0 Å². The summed E-state index contributed by atoms with van der Waals surface area (Å²) >= 11 is 0. The Labute approximate surface area is 110 Å². The number of methoxy groups -OCH3 is 1. The van der Waals surface area contributed by atoms with Crippen molar-refractivity contribution in [2.75, 3.05) is 7.11 Å². The lowest BCUT2D eigenvalue weighted by atomic mass is 9.98. The van der Waals surface area contributed by atoms with Gasteiger partial charge in [0, 0.05) is 11.6 Å². The molecule has 2 rings (SSSR count). The molecule has 4 heteroatoms. The van der Waals surface area contributed by atoms with Gasteiger partial charge < -0.3 is 10.5 Å². The van der Waals surface area contributed by atoms with Crippen LogP contribution < -0.4 is 10.5 Å². The molecule has 2 N–H and O–H groups in total. The molecule has 0 heterocycles. The first kappa shape index (κ1) is 13.5. The Balaban J connectivity index is 2.26. The van der Waals surface area contributed by atoms with E-state index in [0.29, 0.717) is 12.2 Å². The first-order valence-corrected chi connectivity index (χ1v) is 5.95. The number of hydrogen-bond donors (Lipinski definition) is 1. The molecule has 2 aromatic rings. The molecule has 0 saturated carbocycles. The van der Waals surface area contributed by atoms with Gasteiger partial charge in [-0.05, 0) is 24.1 Å². The average molecular weight is 263 g/mol. The molecule has 1 unspecified atom stereocenters. The van der Waals surface area contributed by atoms with Crippen LogP contribution in [0.15, 0.2) is 42.5 Å². The number of rotatable bonds is 4. The zero-order chi connectivity index (χ0) is 13.8. The van der Waals surface area contributed by atoms with Gasteiger partial charge in [-0.1, -0.05) is 30.3 Å². The minimum absolute atomic E-state index is 0.172. The third kappa shape index (κ3) is 2.90. The summed E-state index contributed by atoms with van der Waals surface area (Å²) in [5, 5.41) is 0. The third-order valence-corrected chi connectivity index (χ3v) is 3.01. The summed E-state index contributed by atoms with van der Waals surface area (Å²) in [6.45, 7) is 0. The van der Waals surface area contributed by atoms with Crippen molar-refractivity contribution < 1.29 is 13.5 Å². The lowest BCUT2D eigenvalue weighted by molar-refractivity contribution is 0.407. The van der Waals surface area contributed by atoms with Crippen LogP contribution in [0.2, 0.25) is 0 Å². The quantitative estimate of drug-likeness (QED) is 0.919. The second kappa shape index (κ2) is 5.80. The van der Waals surface area contributed by atoms with Gasteiger partial charge in [0.2, 0.25) is 0 Å². The minimum atomic E-state index is -0.884. The molecule has 0 amide bonds. The third-order valence-electron chi connectivity index (χ3n) is 3.01. The molecule has 0 aliphatic rings. The standard InChI is InChI=1S/C15H15F2NO/c1-19-14-8-3-2-5-10(14)9-13(18)11-6-4-7-12(16)15(11)17/h2-8,13H,9,18H2,1H3. The van der Waals surface area contributed by atoms with Gasteiger partial charge in [-0.3, -0.25) is 0 Å². The van der Waals surface area contributed by atoms with Crippen molar-refractivity contribution in [3.8, 4) is 5.75 Å². The first-order chi connectivity index (χ1) is 9.13. The Hall–Kier alpha value is -1.94. The molecule has 0 fully saturated rings. The maximum absolute atomic E-state index is 13.7. The molecule has 2 nitrogen and oxygen atoms in total. The second-order valence-corrected chi connectivity index (χ2v) is 4.27. The molecule has 1 atom stereocenters. The SMILES string of the molecule is COc1ccccc1CC(N)c1cccc(F)c1F. The zero-order valence-electron chi connectivity index (χ0n) is 10.6. The van der Waals surface area contributed by atoms with Crippen molar-refractivity contribution in [1.82, 2.24) is 0 Å². The summed E-state index contributed by atoms with van der Waals surface area (Å²) in [5.74, 6) is -1.08. The molecule has 0 saturated heterocycles. The van der Waals surface area contributed by atoms with Crippen LogP contribution in [0.3, 0.4) is 0 Å². The minimum Gasteiger partial charge on any atom is -0.496 e. The van der Waals surface area contributed by atoms with Gasteiger partial charge in [0.05, 0.1) is 7.11 Å². The van der Waals surface area contributed by atoms with Crippen molar-refractivity contribution in [3.05, 3.63) is 65.2 Å². The smallest absolute Gasteiger partial charge is 0.163 e. The normalized spacial score (nSPS) is 12.2. The van der Waals surface area contributed by atoms with E-state index in [9.17, 15) is 8.78 Å². The van der Waals surface area contributed by atoms with Crippen molar-refractivity contribution in [2.45, 2.75) is 12.5 Å². The highest BCUT2D eigenvalue weighted by atomic mass is 19.2. The Morgan fingerprint density at radius 2 is 1.84 bits per heavy atom. The molecular formula is C15H15F2NO. The van der Waals surface area contributed by atoms with Crippen LogP contribution in [0.5, 0.6) is 5.75 Å². The number of para-hydroxylation sites is 1. The highest BCUT2D eigenvalue weighted by Gasteiger charge is 2.16. The molecule has 0 aromatic heterocycles. The van der Waals surface area contributed by atoms with Crippen LogP contribution in [0.4, 0.5) is 8.78 Å². The molecule has 0 aliphatic carbocycles. The summed E-state index contributed by atoms with van der Waals surface area (Å²) < 4.78 is 32.0. The molecule has 0 aliphatic heterocycles. The van der Waals surface area contributed by atoms with E-state index < -0.39 is 17.7 Å². The van der Waals surface area contributed by atoms with Crippen LogP contribution in [0.1, 0.15) is 17.2 Å². The van der Waals surface area contributed by atoms with E-state index in [1.807, 2.05) is 24.3 Å². The van der Waals surface area contributed by atoms with Crippen LogP contribution in [0.25, 0.3) is 0 Å². The summed E-state index contributed by atoms with van der Waals surface area (Å²) in [6, 6.07) is 10.8. The van der Waals surface area contributed by atoms with E-state index in [1.165, 1.54) is 12.1 Å². The van der Waals surface area contributed by atoms with E-state index in [0.717, 1.165) is 11.6 Å². The van der Waals surface area contributed by atoms with E-state index in [-0.39, 0.29) is 5.56 Å². The zero-order valence-corrected chi connectivity index (χ0v) is 10.6. The fourth-order valence-corrected chi connectivity index (χ4v) is 2.03. The fourth-order valence-electron chi connectivity index (χ4n) is 2.03. The van der Waals surface area contributed by atoms with Crippen molar-refractivity contribution in [3.63, 3.8) is 0 Å². The molecule has 0 spiro atoms.